The van der Waals surface area contributed by atoms with Gasteiger partial charge >= 0.3 is 5.97 Å². The molecule has 18 heavy (non-hydrogen) atoms. The zero-order valence-corrected chi connectivity index (χ0v) is 10.8. The Morgan fingerprint density at radius 3 is 2.78 bits per heavy atom. The second-order valence-corrected chi connectivity index (χ2v) is 4.09. The molecule has 0 aliphatic carbocycles. The van der Waals surface area contributed by atoms with Crippen molar-refractivity contribution < 1.29 is 14.3 Å². The van der Waals surface area contributed by atoms with Crippen molar-refractivity contribution in [2.75, 3.05) is 18.9 Å². The predicted octanol–water partition coefficient (Wildman–Crippen LogP) is 1.61. The van der Waals surface area contributed by atoms with Gasteiger partial charge in [0.2, 0.25) is 0 Å². The summed E-state index contributed by atoms with van der Waals surface area (Å²) in [7, 11) is 0. The summed E-state index contributed by atoms with van der Waals surface area (Å²) in [4.78, 5) is 22.9. The molecule has 0 aromatic heterocycles. The molecule has 1 aromatic rings. The topological polar surface area (TPSA) is 81.4 Å². The summed E-state index contributed by atoms with van der Waals surface area (Å²) in [6.45, 7) is 2.17. The van der Waals surface area contributed by atoms with Gasteiger partial charge in [0.05, 0.1) is 5.56 Å². The van der Waals surface area contributed by atoms with Crippen LogP contribution < -0.4 is 11.1 Å². The van der Waals surface area contributed by atoms with E-state index in [0.717, 1.165) is 6.42 Å². The molecule has 0 fully saturated rings. The van der Waals surface area contributed by atoms with Crippen molar-refractivity contribution >= 4 is 29.2 Å². The Labute approximate surface area is 110 Å². The number of nitrogens with one attached hydrogen (secondary N) is 1. The predicted molar refractivity (Wildman–Crippen MR) is 69.4 cm³/mol. The van der Waals surface area contributed by atoms with E-state index in [1.54, 1.807) is 0 Å². The standard InChI is InChI=1S/C12H15ClN2O3/c1-2-5-15-11(16)7-18-12(17)9-4-3-8(13)6-10(9)14/h3-4,6H,2,5,7,14H2,1H3,(H,15,16). The van der Waals surface area contributed by atoms with E-state index in [0.29, 0.717) is 11.6 Å². The molecule has 0 saturated heterocycles. The van der Waals surface area contributed by atoms with Crippen LogP contribution in [0.4, 0.5) is 5.69 Å². The van der Waals surface area contributed by atoms with E-state index in [1.165, 1.54) is 18.2 Å². The summed E-state index contributed by atoms with van der Waals surface area (Å²) in [6, 6.07) is 4.45. The van der Waals surface area contributed by atoms with E-state index in [-0.39, 0.29) is 23.8 Å². The summed E-state index contributed by atoms with van der Waals surface area (Å²) in [5.41, 5.74) is 6.04. The molecule has 5 nitrogen and oxygen atoms in total. The molecule has 6 heteroatoms. The lowest BCUT2D eigenvalue weighted by atomic mass is 10.2. The third-order valence-electron chi connectivity index (χ3n) is 2.14. The molecular weight excluding hydrogens is 256 g/mol. The van der Waals surface area contributed by atoms with Crippen LogP contribution in [-0.4, -0.2) is 25.0 Å². The third-order valence-corrected chi connectivity index (χ3v) is 2.38. The van der Waals surface area contributed by atoms with Gasteiger partial charge in [-0.1, -0.05) is 18.5 Å². The highest BCUT2D eigenvalue weighted by atomic mass is 35.5. The first-order chi connectivity index (χ1) is 8.54. The number of anilines is 1. The normalized spacial score (nSPS) is 9.89. The number of rotatable bonds is 5. The molecule has 0 unspecified atom stereocenters. The van der Waals surface area contributed by atoms with Crippen molar-refractivity contribution in [2.45, 2.75) is 13.3 Å². The molecule has 0 heterocycles. The van der Waals surface area contributed by atoms with Crippen LogP contribution in [0.2, 0.25) is 5.02 Å². The number of nitrogens with two attached hydrogens (primary N) is 1. The maximum atomic E-state index is 11.6. The number of carbonyl (C=O) groups is 2. The Bertz CT molecular complexity index is 449. The minimum Gasteiger partial charge on any atom is -0.452 e. The van der Waals surface area contributed by atoms with Gasteiger partial charge in [0.1, 0.15) is 0 Å². The summed E-state index contributed by atoms with van der Waals surface area (Å²) in [5.74, 6) is -0.978. The average molecular weight is 271 g/mol. The largest absolute Gasteiger partial charge is 0.452 e. The number of amides is 1. The Kier molecular flexibility index (Phi) is 5.45. The van der Waals surface area contributed by atoms with E-state index >= 15 is 0 Å². The lowest BCUT2D eigenvalue weighted by Crippen LogP contribution is -2.29. The zero-order chi connectivity index (χ0) is 13.5. The maximum absolute atomic E-state index is 11.6. The van der Waals surface area contributed by atoms with Gasteiger partial charge in [-0.05, 0) is 24.6 Å². The highest BCUT2D eigenvalue weighted by Gasteiger charge is 2.13. The lowest BCUT2D eigenvalue weighted by molar-refractivity contribution is -0.124. The first-order valence-corrected chi connectivity index (χ1v) is 5.91. The fourth-order valence-corrected chi connectivity index (χ4v) is 1.42. The SMILES string of the molecule is CCCNC(=O)COC(=O)c1ccc(Cl)cc1N. The number of esters is 1. The molecule has 0 atom stereocenters. The van der Waals surface area contributed by atoms with Gasteiger partial charge in [-0.3, -0.25) is 4.79 Å². The fourth-order valence-electron chi connectivity index (χ4n) is 1.24. The molecule has 0 aliphatic heterocycles. The zero-order valence-electron chi connectivity index (χ0n) is 10.0. The van der Waals surface area contributed by atoms with Gasteiger partial charge < -0.3 is 15.8 Å². The van der Waals surface area contributed by atoms with Crippen molar-refractivity contribution in [1.29, 1.82) is 0 Å². The van der Waals surface area contributed by atoms with E-state index < -0.39 is 5.97 Å². The average Bonchev–Trinajstić information content (AvgIpc) is 2.33. The smallest absolute Gasteiger partial charge is 0.340 e. The maximum Gasteiger partial charge on any atom is 0.340 e. The number of halogens is 1. The van der Waals surface area contributed by atoms with Gasteiger partial charge in [-0.15, -0.1) is 0 Å². The van der Waals surface area contributed by atoms with Crippen molar-refractivity contribution in [3.05, 3.63) is 28.8 Å². The number of benzene rings is 1. The van der Waals surface area contributed by atoms with Gasteiger partial charge in [-0.2, -0.15) is 0 Å². The van der Waals surface area contributed by atoms with Crippen LogP contribution in [0.3, 0.4) is 0 Å². The van der Waals surface area contributed by atoms with Crippen LogP contribution in [0.5, 0.6) is 0 Å². The Balaban J connectivity index is 2.53. The lowest BCUT2D eigenvalue weighted by Gasteiger charge is -2.07. The van der Waals surface area contributed by atoms with Crippen LogP contribution in [-0.2, 0) is 9.53 Å². The Morgan fingerprint density at radius 2 is 2.17 bits per heavy atom. The Hall–Kier alpha value is -1.75. The van der Waals surface area contributed by atoms with E-state index in [4.69, 9.17) is 22.1 Å². The minimum absolute atomic E-state index is 0.197. The third kappa shape index (κ3) is 4.25. The van der Waals surface area contributed by atoms with Crippen molar-refractivity contribution in [1.82, 2.24) is 5.32 Å². The van der Waals surface area contributed by atoms with Gasteiger partial charge in [0.15, 0.2) is 6.61 Å². The molecule has 98 valence electrons. The molecule has 1 aromatic carbocycles. The number of ether oxygens (including phenoxy) is 1. The summed E-state index contributed by atoms with van der Waals surface area (Å²) in [5, 5.41) is 3.03. The van der Waals surface area contributed by atoms with Crippen LogP contribution >= 0.6 is 11.6 Å². The molecule has 3 N–H and O–H groups in total. The number of nitrogen functional groups attached to an aromatic ring is 1. The van der Waals surface area contributed by atoms with E-state index in [9.17, 15) is 9.59 Å². The van der Waals surface area contributed by atoms with Gasteiger partial charge in [0.25, 0.3) is 5.91 Å². The molecule has 1 amide bonds. The summed E-state index contributed by atoms with van der Waals surface area (Å²) in [6.07, 6.45) is 0.823. The van der Waals surface area contributed by atoms with Crippen LogP contribution in [0.15, 0.2) is 18.2 Å². The quantitative estimate of drug-likeness (QED) is 0.629. The van der Waals surface area contributed by atoms with Gasteiger partial charge in [-0.25, -0.2) is 4.79 Å². The Morgan fingerprint density at radius 1 is 1.44 bits per heavy atom. The number of hydrogen-bond donors (Lipinski definition) is 2. The highest BCUT2D eigenvalue weighted by Crippen LogP contribution is 2.18. The number of carbonyl (C=O) groups excluding carboxylic acids is 2. The fraction of sp³-hybridized carbons (Fsp3) is 0.333. The molecule has 0 radical (unpaired) electrons. The molecule has 0 aliphatic rings. The van der Waals surface area contributed by atoms with Gasteiger partial charge in [0, 0.05) is 17.3 Å². The van der Waals surface area contributed by atoms with E-state index in [2.05, 4.69) is 5.32 Å². The highest BCUT2D eigenvalue weighted by molar-refractivity contribution is 6.31. The molecule has 0 spiro atoms. The van der Waals surface area contributed by atoms with Crippen LogP contribution in [0.25, 0.3) is 0 Å². The van der Waals surface area contributed by atoms with Crippen LogP contribution in [0.1, 0.15) is 23.7 Å². The van der Waals surface area contributed by atoms with E-state index in [1.807, 2.05) is 6.92 Å². The number of hydrogen-bond acceptors (Lipinski definition) is 4. The van der Waals surface area contributed by atoms with Crippen molar-refractivity contribution in [2.24, 2.45) is 0 Å². The molecular formula is C12H15ClN2O3. The molecule has 0 saturated carbocycles. The molecule has 1 rings (SSSR count). The van der Waals surface area contributed by atoms with Crippen molar-refractivity contribution in [3.8, 4) is 0 Å². The van der Waals surface area contributed by atoms with Crippen LogP contribution in [0, 0.1) is 0 Å². The second-order valence-electron chi connectivity index (χ2n) is 3.66. The second kappa shape index (κ2) is 6.86. The minimum atomic E-state index is -0.643. The summed E-state index contributed by atoms with van der Waals surface area (Å²) < 4.78 is 4.83. The monoisotopic (exact) mass is 270 g/mol. The molecule has 0 bridgehead atoms. The first-order valence-electron chi connectivity index (χ1n) is 5.53. The van der Waals surface area contributed by atoms with Crippen molar-refractivity contribution in [3.63, 3.8) is 0 Å². The summed E-state index contributed by atoms with van der Waals surface area (Å²) >= 11 is 5.71. The first kappa shape index (κ1) is 14.3.